The summed E-state index contributed by atoms with van der Waals surface area (Å²) in [7, 11) is 1.72. The van der Waals surface area contributed by atoms with Gasteiger partial charge in [0.25, 0.3) is 5.91 Å². The van der Waals surface area contributed by atoms with E-state index in [1.807, 2.05) is 6.92 Å². The molecule has 0 aliphatic heterocycles. The molecule has 0 bridgehead atoms. The van der Waals surface area contributed by atoms with Crippen LogP contribution >= 0.6 is 0 Å². The van der Waals surface area contributed by atoms with E-state index in [1.165, 1.54) is 6.07 Å². The molecule has 1 unspecified atom stereocenters. The number of hydrogen-bond acceptors (Lipinski definition) is 2. The van der Waals surface area contributed by atoms with Gasteiger partial charge in [-0.1, -0.05) is 0 Å². The molecule has 1 amide bonds. The number of halogens is 2. The maximum atomic E-state index is 13.3. The Bertz CT molecular complexity index is 475. The summed E-state index contributed by atoms with van der Waals surface area (Å²) in [5, 5.41) is 0. The van der Waals surface area contributed by atoms with Crippen LogP contribution in [0, 0.1) is 17.6 Å². The van der Waals surface area contributed by atoms with E-state index in [4.69, 9.17) is 4.74 Å². The Morgan fingerprint density at radius 1 is 1.47 bits per heavy atom. The van der Waals surface area contributed by atoms with Gasteiger partial charge in [0.05, 0.1) is 0 Å². The first-order chi connectivity index (χ1) is 8.99. The number of ether oxygens (including phenoxy) is 1. The van der Waals surface area contributed by atoms with Gasteiger partial charge in [0.1, 0.15) is 5.82 Å². The second-order valence-corrected chi connectivity index (χ2v) is 4.95. The lowest BCUT2D eigenvalue weighted by Crippen LogP contribution is -2.39. The van der Waals surface area contributed by atoms with Crippen LogP contribution in [-0.2, 0) is 4.79 Å². The lowest BCUT2D eigenvalue weighted by atomic mass is 10.2. The number of rotatable bonds is 5. The molecule has 1 saturated carbocycles. The highest BCUT2D eigenvalue weighted by atomic mass is 19.1. The molecule has 0 aromatic heterocycles. The first kappa shape index (κ1) is 13.8. The summed E-state index contributed by atoms with van der Waals surface area (Å²) in [6.45, 7) is 1.75. The van der Waals surface area contributed by atoms with E-state index < -0.39 is 11.6 Å². The van der Waals surface area contributed by atoms with Crippen LogP contribution in [0.4, 0.5) is 8.78 Å². The minimum absolute atomic E-state index is 0.109. The van der Waals surface area contributed by atoms with Crippen molar-refractivity contribution in [3.8, 4) is 5.75 Å². The van der Waals surface area contributed by atoms with Gasteiger partial charge in [0.2, 0.25) is 0 Å². The molecule has 1 atom stereocenters. The Labute approximate surface area is 111 Å². The van der Waals surface area contributed by atoms with Crippen molar-refractivity contribution in [1.82, 2.24) is 4.90 Å². The molecule has 0 radical (unpaired) electrons. The highest BCUT2D eigenvalue weighted by Gasteiger charge is 2.32. The van der Waals surface area contributed by atoms with Crippen LogP contribution in [0.3, 0.4) is 0 Å². The topological polar surface area (TPSA) is 29.5 Å². The molecule has 5 heteroatoms. The van der Waals surface area contributed by atoms with Crippen LogP contribution in [0.2, 0.25) is 0 Å². The van der Waals surface area contributed by atoms with Crippen molar-refractivity contribution in [2.75, 3.05) is 13.7 Å². The molecular weight excluding hydrogens is 252 g/mol. The van der Waals surface area contributed by atoms with Gasteiger partial charge in [0.15, 0.2) is 18.2 Å². The Balaban J connectivity index is 1.88. The number of carbonyl (C=O) groups is 1. The van der Waals surface area contributed by atoms with E-state index in [9.17, 15) is 13.6 Å². The van der Waals surface area contributed by atoms with Gasteiger partial charge >= 0.3 is 0 Å². The summed E-state index contributed by atoms with van der Waals surface area (Å²) in [6.07, 6.45) is 2.29. The minimum Gasteiger partial charge on any atom is -0.481 e. The first-order valence-corrected chi connectivity index (χ1v) is 6.32. The van der Waals surface area contributed by atoms with Crippen molar-refractivity contribution < 1.29 is 18.3 Å². The van der Waals surface area contributed by atoms with Gasteiger partial charge < -0.3 is 9.64 Å². The molecule has 2 rings (SSSR count). The number of benzene rings is 1. The largest absolute Gasteiger partial charge is 0.481 e. The smallest absolute Gasteiger partial charge is 0.260 e. The van der Waals surface area contributed by atoms with E-state index in [-0.39, 0.29) is 24.3 Å². The summed E-state index contributed by atoms with van der Waals surface area (Å²) < 4.78 is 31.1. The summed E-state index contributed by atoms with van der Waals surface area (Å²) in [5.74, 6) is -1.22. The van der Waals surface area contributed by atoms with E-state index in [0.29, 0.717) is 5.92 Å². The van der Waals surface area contributed by atoms with Gasteiger partial charge in [0, 0.05) is 19.2 Å². The zero-order valence-corrected chi connectivity index (χ0v) is 11.0. The van der Waals surface area contributed by atoms with Gasteiger partial charge in [-0.05, 0) is 37.8 Å². The molecule has 0 N–H and O–H groups in total. The monoisotopic (exact) mass is 269 g/mol. The fraction of sp³-hybridized carbons (Fsp3) is 0.500. The SMILES string of the molecule is CC(C1CC1)N(C)C(=O)COc1ccc(F)cc1F. The number of amides is 1. The number of nitrogens with zero attached hydrogens (tertiary/aromatic N) is 1. The summed E-state index contributed by atoms with van der Waals surface area (Å²) >= 11 is 0. The van der Waals surface area contributed by atoms with Gasteiger partial charge in [-0.3, -0.25) is 4.79 Å². The highest BCUT2D eigenvalue weighted by Crippen LogP contribution is 2.34. The lowest BCUT2D eigenvalue weighted by Gasteiger charge is -2.24. The lowest BCUT2D eigenvalue weighted by molar-refractivity contribution is -0.134. The third-order valence-corrected chi connectivity index (χ3v) is 3.55. The molecule has 1 aromatic carbocycles. The molecular formula is C14H17F2NO2. The van der Waals surface area contributed by atoms with Crippen molar-refractivity contribution in [2.45, 2.75) is 25.8 Å². The third kappa shape index (κ3) is 3.43. The predicted molar refractivity (Wildman–Crippen MR) is 66.8 cm³/mol. The summed E-state index contributed by atoms with van der Waals surface area (Å²) in [5.41, 5.74) is 0. The second kappa shape index (κ2) is 5.55. The number of likely N-dealkylation sites (N-methyl/N-ethyl adjacent to an activating group) is 1. The van der Waals surface area contributed by atoms with Crippen LogP contribution in [0.1, 0.15) is 19.8 Å². The molecule has 0 heterocycles. The van der Waals surface area contributed by atoms with Crippen LogP contribution < -0.4 is 4.74 Å². The van der Waals surface area contributed by atoms with E-state index >= 15 is 0 Å². The maximum Gasteiger partial charge on any atom is 0.260 e. The van der Waals surface area contributed by atoms with Crippen molar-refractivity contribution in [1.29, 1.82) is 0 Å². The van der Waals surface area contributed by atoms with Crippen LogP contribution in [0.25, 0.3) is 0 Å². The zero-order valence-electron chi connectivity index (χ0n) is 11.0. The van der Waals surface area contributed by atoms with Crippen LogP contribution in [-0.4, -0.2) is 30.5 Å². The number of carbonyl (C=O) groups excluding carboxylic acids is 1. The summed E-state index contributed by atoms with van der Waals surface area (Å²) in [6, 6.07) is 3.19. The standard InChI is InChI=1S/C14H17F2NO2/c1-9(10-3-4-10)17(2)14(18)8-19-13-6-5-11(15)7-12(13)16/h5-7,9-10H,3-4,8H2,1-2H3. The Morgan fingerprint density at radius 2 is 2.16 bits per heavy atom. The van der Waals surface area contributed by atoms with Crippen LogP contribution in [0.15, 0.2) is 18.2 Å². The van der Waals surface area contributed by atoms with Crippen molar-refractivity contribution >= 4 is 5.91 Å². The molecule has 0 spiro atoms. The van der Waals surface area contributed by atoms with Gasteiger partial charge in [-0.2, -0.15) is 0 Å². The quantitative estimate of drug-likeness (QED) is 0.822. The van der Waals surface area contributed by atoms with E-state index in [0.717, 1.165) is 25.0 Å². The molecule has 0 saturated heterocycles. The van der Waals surface area contributed by atoms with Gasteiger partial charge in [-0.15, -0.1) is 0 Å². The van der Waals surface area contributed by atoms with Crippen molar-refractivity contribution in [2.24, 2.45) is 5.92 Å². The summed E-state index contributed by atoms with van der Waals surface area (Å²) in [4.78, 5) is 13.5. The minimum atomic E-state index is -0.800. The second-order valence-electron chi connectivity index (χ2n) is 4.95. The maximum absolute atomic E-state index is 13.3. The fourth-order valence-electron chi connectivity index (χ4n) is 1.96. The highest BCUT2D eigenvalue weighted by molar-refractivity contribution is 5.77. The molecule has 1 aliphatic rings. The van der Waals surface area contributed by atoms with Crippen molar-refractivity contribution in [3.05, 3.63) is 29.8 Å². The molecule has 19 heavy (non-hydrogen) atoms. The average Bonchev–Trinajstić information content (AvgIpc) is 3.20. The van der Waals surface area contributed by atoms with E-state index in [1.54, 1.807) is 11.9 Å². The molecule has 3 nitrogen and oxygen atoms in total. The van der Waals surface area contributed by atoms with Crippen molar-refractivity contribution in [3.63, 3.8) is 0 Å². The molecule has 104 valence electrons. The Kier molecular flexibility index (Phi) is 4.02. The van der Waals surface area contributed by atoms with Crippen LogP contribution in [0.5, 0.6) is 5.75 Å². The molecule has 1 aliphatic carbocycles. The third-order valence-electron chi connectivity index (χ3n) is 3.55. The number of hydrogen-bond donors (Lipinski definition) is 0. The molecule has 1 aromatic rings. The van der Waals surface area contributed by atoms with E-state index in [2.05, 4.69) is 0 Å². The predicted octanol–water partition coefficient (Wildman–Crippen LogP) is 2.60. The Morgan fingerprint density at radius 3 is 2.74 bits per heavy atom. The normalized spacial score (nSPS) is 16.0. The molecule has 1 fully saturated rings. The fourth-order valence-corrected chi connectivity index (χ4v) is 1.96. The van der Waals surface area contributed by atoms with Gasteiger partial charge in [-0.25, -0.2) is 8.78 Å². The average molecular weight is 269 g/mol. The Hall–Kier alpha value is -1.65. The first-order valence-electron chi connectivity index (χ1n) is 6.32. The zero-order chi connectivity index (χ0) is 14.0.